The van der Waals surface area contributed by atoms with Gasteiger partial charge >= 0.3 is 0 Å². The van der Waals surface area contributed by atoms with Crippen LogP contribution in [-0.4, -0.2) is 16.0 Å². The molecule has 5 nitrogen and oxygen atoms in total. The second kappa shape index (κ2) is 3.91. The summed E-state index contributed by atoms with van der Waals surface area (Å²) in [6, 6.07) is 5.06. The lowest BCUT2D eigenvalue weighted by molar-refractivity contribution is 0.0988. The summed E-state index contributed by atoms with van der Waals surface area (Å²) in [5.74, 6) is -0.139. The summed E-state index contributed by atoms with van der Waals surface area (Å²) in [5, 5.41) is 6.26. The molecule has 0 aliphatic rings. The van der Waals surface area contributed by atoms with E-state index in [9.17, 15) is 4.79 Å². The van der Waals surface area contributed by atoms with Crippen LogP contribution >= 0.6 is 0 Å². The van der Waals surface area contributed by atoms with E-state index in [1.54, 1.807) is 37.5 Å². The molecule has 2 aromatic heterocycles. The largest absolute Gasteiger partial charge is 0.351 e. The van der Waals surface area contributed by atoms with Crippen molar-refractivity contribution in [3.05, 3.63) is 42.0 Å². The van der Waals surface area contributed by atoms with E-state index < -0.39 is 0 Å². The molecule has 76 valence electrons. The second-order valence-corrected chi connectivity index (χ2v) is 3.03. The summed E-state index contributed by atoms with van der Waals surface area (Å²) < 4.78 is 4.82. The van der Waals surface area contributed by atoms with Crippen molar-refractivity contribution in [1.29, 1.82) is 0 Å². The number of nitrogens with zero attached hydrogens (tertiary/aromatic N) is 2. The number of hydrogen-bond donors (Lipinski definition) is 1. The van der Waals surface area contributed by atoms with Gasteiger partial charge in [0.1, 0.15) is 0 Å². The molecule has 0 bridgehead atoms. The number of anilines is 1. The molecule has 0 spiro atoms. The first-order valence-corrected chi connectivity index (χ1v) is 4.40. The Balaban J connectivity index is 2.11. The van der Waals surface area contributed by atoms with Gasteiger partial charge in [-0.3, -0.25) is 9.78 Å². The lowest BCUT2D eigenvalue weighted by Crippen LogP contribution is -2.10. The summed E-state index contributed by atoms with van der Waals surface area (Å²) in [5.41, 5.74) is 1.29. The van der Waals surface area contributed by atoms with Gasteiger partial charge in [-0.25, -0.2) is 0 Å². The van der Waals surface area contributed by atoms with Gasteiger partial charge in [0, 0.05) is 12.3 Å². The lowest BCUT2D eigenvalue weighted by atomic mass is 10.3. The fourth-order valence-electron chi connectivity index (χ4n) is 1.10. The maximum absolute atomic E-state index is 11.6. The van der Waals surface area contributed by atoms with Crippen molar-refractivity contribution in [3.63, 3.8) is 0 Å². The van der Waals surface area contributed by atoms with Crippen LogP contribution in [0.1, 0.15) is 16.2 Å². The predicted octanol–water partition coefficient (Wildman–Crippen LogP) is 1.63. The number of carbonyl (C=O) groups excluding carboxylic acids is 1. The lowest BCUT2D eigenvalue weighted by Gasteiger charge is -1.99. The Morgan fingerprint density at radius 3 is 3.00 bits per heavy atom. The minimum absolute atomic E-state index is 0.191. The molecular formula is C10H9N3O2. The fourth-order valence-corrected chi connectivity index (χ4v) is 1.10. The third kappa shape index (κ3) is 2.19. The molecule has 2 aromatic rings. The van der Waals surface area contributed by atoms with Gasteiger partial charge in [-0.2, -0.15) is 0 Å². The number of amides is 1. The normalized spacial score (nSPS) is 9.93. The molecule has 1 N–H and O–H groups in total. The third-order valence-electron chi connectivity index (χ3n) is 1.77. The van der Waals surface area contributed by atoms with Crippen LogP contribution in [0, 0.1) is 6.92 Å². The topological polar surface area (TPSA) is 68.0 Å². The first-order chi connectivity index (χ1) is 7.25. The number of hydrogen-bond acceptors (Lipinski definition) is 4. The van der Waals surface area contributed by atoms with Gasteiger partial charge in [0.15, 0.2) is 0 Å². The Morgan fingerprint density at radius 1 is 1.53 bits per heavy atom. The van der Waals surface area contributed by atoms with E-state index >= 15 is 0 Å². The molecule has 2 rings (SSSR count). The van der Waals surface area contributed by atoms with Gasteiger partial charge in [-0.15, -0.1) is 0 Å². The van der Waals surface area contributed by atoms with Crippen LogP contribution in [0.5, 0.6) is 0 Å². The smallest absolute Gasteiger partial charge is 0.294 e. The summed E-state index contributed by atoms with van der Waals surface area (Å²) in [7, 11) is 0. The molecule has 15 heavy (non-hydrogen) atoms. The van der Waals surface area contributed by atoms with E-state index in [4.69, 9.17) is 4.52 Å². The summed E-state index contributed by atoms with van der Waals surface area (Å²) >= 11 is 0. The minimum Gasteiger partial charge on any atom is -0.351 e. The maximum atomic E-state index is 11.6. The zero-order valence-electron chi connectivity index (χ0n) is 8.10. The fraction of sp³-hybridized carbons (Fsp3) is 0.100. The van der Waals surface area contributed by atoms with Crippen molar-refractivity contribution < 1.29 is 9.32 Å². The first kappa shape index (κ1) is 9.39. The van der Waals surface area contributed by atoms with Crippen molar-refractivity contribution in [1.82, 2.24) is 10.1 Å². The minimum atomic E-state index is -0.330. The van der Waals surface area contributed by atoms with Crippen molar-refractivity contribution in [2.75, 3.05) is 5.32 Å². The molecule has 0 aromatic carbocycles. The Kier molecular flexibility index (Phi) is 2.45. The Labute approximate surface area is 86.1 Å². The Bertz CT molecular complexity index is 465. The molecular weight excluding hydrogens is 194 g/mol. The molecule has 1 amide bonds. The summed E-state index contributed by atoms with van der Waals surface area (Å²) in [6.45, 7) is 1.75. The first-order valence-electron chi connectivity index (χ1n) is 4.40. The molecule has 0 aliphatic carbocycles. The quantitative estimate of drug-likeness (QED) is 0.805. The average molecular weight is 203 g/mol. The van der Waals surface area contributed by atoms with E-state index in [2.05, 4.69) is 15.5 Å². The third-order valence-corrected chi connectivity index (χ3v) is 1.77. The molecule has 2 heterocycles. The molecule has 0 aliphatic heterocycles. The molecule has 0 atom stereocenters. The van der Waals surface area contributed by atoms with Gasteiger partial charge in [0.25, 0.3) is 5.91 Å². The molecule has 0 saturated heterocycles. The highest BCUT2D eigenvalue weighted by molar-refractivity contribution is 6.02. The van der Waals surface area contributed by atoms with E-state index in [0.717, 1.165) is 0 Å². The van der Waals surface area contributed by atoms with Gasteiger partial charge in [0.2, 0.25) is 5.76 Å². The Hall–Kier alpha value is -2.17. The van der Waals surface area contributed by atoms with Crippen LogP contribution in [0.2, 0.25) is 0 Å². The molecule has 0 saturated carbocycles. The number of aryl methyl sites for hydroxylation is 1. The zero-order valence-corrected chi connectivity index (χ0v) is 8.10. The van der Waals surface area contributed by atoms with Gasteiger partial charge in [-0.05, 0) is 19.1 Å². The highest BCUT2D eigenvalue weighted by Gasteiger charge is 2.11. The zero-order chi connectivity index (χ0) is 10.7. The van der Waals surface area contributed by atoms with Crippen molar-refractivity contribution >= 4 is 11.6 Å². The molecule has 5 heteroatoms. The average Bonchev–Trinajstić information content (AvgIpc) is 2.66. The van der Waals surface area contributed by atoms with Gasteiger partial charge < -0.3 is 9.84 Å². The van der Waals surface area contributed by atoms with Crippen LogP contribution in [0.25, 0.3) is 0 Å². The SMILES string of the molecule is Cc1cc(C(=O)Nc2cccnc2)on1. The van der Waals surface area contributed by atoms with Crippen molar-refractivity contribution in [2.24, 2.45) is 0 Å². The van der Waals surface area contributed by atoms with Gasteiger partial charge in [0.05, 0.1) is 17.6 Å². The standard InChI is InChI=1S/C10H9N3O2/c1-7-5-9(15-13-7)10(14)12-8-3-2-4-11-6-8/h2-6H,1H3,(H,12,14). The number of carbonyl (C=O) groups is 1. The predicted molar refractivity (Wildman–Crippen MR) is 53.4 cm³/mol. The van der Waals surface area contributed by atoms with Crippen molar-refractivity contribution in [3.8, 4) is 0 Å². The van der Waals surface area contributed by atoms with E-state index in [0.29, 0.717) is 11.4 Å². The number of pyridine rings is 1. The number of nitrogens with one attached hydrogen (secondary N) is 1. The number of aromatic nitrogens is 2. The Morgan fingerprint density at radius 2 is 2.40 bits per heavy atom. The van der Waals surface area contributed by atoms with E-state index in [1.807, 2.05) is 0 Å². The maximum Gasteiger partial charge on any atom is 0.294 e. The van der Waals surface area contributed by atoms with E-state index in [-0.39, 0.29) is 11.7 Å². The van der Waals surface area contributed by atoms with Crippen LogP contribution in [-0.2, 0) is 0 Å². The summed E-state index contributed by atoms with van der Waals surface area (Å²) in [6.07, 6.45) is 3.19. The summed E-state index contributed by atoms with van der Waals surface area (Å²) in [4.78, 5) is 15.4. The van der Waals surface area contributed by atoms with Gasteiger partial charge in [-0.1, -0.05) is 5.16 Å². The van der Waals surface area contributed by atoms with E-state index in [1.165, 1.54) is 0 Å². The van der Waals surface area contributed by atoms with Crippen molar-refractivity contribution in [2.45, 2.75) is 6.92 Å². The molecule has 0 radical (unpaired) electrons. The monoisotopic (exact) mass is 203 g/mol. The molecule has 0 unspecified atom stereocenters. The van der Waals surface area contributed by atoms with Crippen LogP contribution in [0.4, 0.5) is 5.69 Å². The van der Waals surface area contributed by atoms with Crippen LogP contribution < -0.4 is 5.32 Å². The highest BCUT2D eigenvalue weighted by Crippen LogP contribution is 2.07. The highest BCUT2D eigenvalue weighted by atomic mass is 16.5. The van der Waals surface area contributed by atoms with Crippen LogP contribution in [0.3, 0.4) is 0 Å². The molecule has 0 fully saturated rings. The van der Waals surface area contributed by atoms with Crippen LogP contribution in [0.15, 0.2) is 35.1 Å². The number of rotatable bonds is 2. The second-order valence-electron chi connectivity index (χ2n) is 3.03.